The van der Waals surface area contributed by atoms with E-state index in [1.54, 1.807) is 11.3 Å². The maximum absolute atomic E-state index is 12.3. The Morgan fingerprint density at radius 3 is 2.42 bits per heavy atom. The van der Waals surface area contributed by atoms with Crippen LogP contribution in [0.1, 0.15) is 16.7 Å². The molecule has 0 saturated carbocycles. The van der Waals surface area contributed by atoms with Gasteiger partial charge in [-0.2, -0.15) is 0 Å². The van der Waals surface area contributed by atoms with E-state index >= 15 is 0 Å². The maximum Gasteiger partial charge on any atom is 0.237 e. The van der Waals surface area contributed by atoms with Gasteiger partial charge in [-0.15, -0.1) is 22.7 Å². The van der Waals surface area contributed by atoms with Gasteiger partial charge in [0.25, 0.3) is 0 Å². The Balaban J connectivity index is 1.37. The van der Waals surface area contributed by atoms with Crippen molar-refractivity contribution in [2.75, 3.05) is 32.7 Å². The van der Waals surface area contributed by atoms with E-state index < -0.39 is 0 Å². The first-order chi connectivity index (χ1) is 11.7. The number of thiophene rings is 2. The zero-order chi connectivity index (χ0) is 16.8. The van der Waals surface area contributed by atoms with Gasteiger partial charge >= 0.3 is 0 Å². The standard InChI is InChI=1S/C18H25N3OS2/c1-15(18(22)19-7-6-16-4-2-12-23-16)21-10-8-20(9-11-21)14-17-5-3-13-24-17/h2-5,12-13,15H,6-11,14H2,1H3,(H,19,22)/t15-/m1/s1. The summed E-state index contributed by atoms with van der Waals surface area (Å²) < 4.78 is 0. The van der Waals surface area contributed by atoms with Crippen molar-refractivity contribution in [3.63, 3.8) is 0 Å². The average molecular weight is 364 g/mol. The minimum absolute atomic E-state index is 0.0442. The molecule has 1 N–H and O–H groups in total. The van der Waals surface area contributed by atoms with E-state index in [1.807, 2.05) is 18.3 Å². The highest BCUT2D eigenvalue weighted by molar-refractivity contribution is 7.10. The van der Waals surface area contributed by atoms with E-state index in [4.69, 9.17) is 0 Å². The second-order valence-corrected chi connectivity index (χ2v) is 8.25. The normalized spacial score (nSPS) is 17.7. The lowest BCUT2D eigenvalue weighted by atomic mass is 10.2. The van der Waals surface area contributed by atoms with Gasteiger partial charge in [0.1, 0.15) is 0 Å². The van der Waals surface area contributed by atoms with Crippen molar-refractivity contribution in [3.8, 4) is 0 Å². The highest BCUT2D eigenvalue weighted by Crippen LogP contribution is 2.14. The molecule has 1 amide bonds. The molecule has 1 saturated heterocycles. The van der Waals surface area contributed by atoms with E-state index in [0.717, 1.165) is 45.7 Å². The first-order valence-corrected chi connectivity index (χ1v) is 10.3. The number of carbonyl (C=O) groups is 1. The minimum atomic E-state index is -0.0442. The summed E-state index contributed by atoms with van der Waals surface area (Å²) in [6.45, 7) is 7.77. The van der Waals surface area contributed by atoms with Gasteiger partial charge in [-0.25, -0.2) is 0 Å². The molecule has 1 aliphatic heterocycles. The number of nitrogens with zero attached hydrogens (tertiary/aromatic N) is 2. The number of piperazine rings is 1. The Morgan fingerprint density at radius 1 is 1.12 bits per heavy atom. The zero-order valence-corrected chi connectivity index (χ0v) is 15.7. The van der Waals surface area contributed by atoms with Crippen molar-refractivity contribution in [2.24, 2.45) is 0 Å². The van der Waals surface area contributed by atoms with Crippen LogP contribution >= 0.6 is 22.7 Å². The fourth-order valence-electron chi connectivity index (χ4n) is 3.01. The smallest absolute Gasteiger partial charge is 0.237 e. The molecule has 1 fully saturated rings. The van der Waals surface area contributed by atoms with Gasteiger partial charge in [0.15, 0.2) is 0 Å². The summed E-state index contributed by atoms with van der Waals surface area (Å²) in [5.74, 6) is 0.151. The highest BCUT2D eigenvalue weighted by Gasteiger charge is 2.25. The predicted molar refractivity (Wildman–Crippen MR) is 102 cm³/mol. The first kappa shape index (κ1) is 17.6. The van der Waals surface area contributed by atoms with Crippen molar-refractivity contribution >= 4 is 28.6 Å². The Hall–Kier alpha value is -1.21. The molecule has 24 heavy (non-hydrogen) atoms. The lowest BCUT2D eigenvalue weighted by Gasteiger charge is -2.37. The summed E-state index contributed by atoms with van der Waals surface area (Å²) in [7, 11) is 0. The highest BCUT2D eigenvalue weighted by atomic mass is 32.1. The first-order valence-electron chi connectivity index (χ1n) is 8.51. The van der Waals surface area contributed by atoms with Crippen molar-refractivity contribution in [3.05, 3.63) is 44.8 Å². The Bertz CT molecular complexity index is 604. The van der Waals surface area contributed by atoms with E-state index in [-0.39, 0.29) is 11.9 Å². The van der Waals surface area contributed by atoms with Gasteiger partial charge in [-0.1, -0.05) is 12.1 Å². The van der Waals surface area contributed by atoms with Crippen LogP contribution in [0, 0.1) is 0 Å². The quantitative estimate of drug-likeness (QED) is 0.821. The van der Waals surface area contributed by atoms with Gasteiger partial charge in [0.2, 0.25) is 5.91 Å². The lowest BCUT2D eigenvalue weighted by Crippen LogP contribution is -2.53. The summed E-state index contributed by atoms with van der Waals surface area (Å²) in [6.07, 6.45) is 0.921. The second kappa shape index (κ2) is 8.76. The molecule has 4 nitrogen and oxygen atoms in total. The number of nitrogens with one attached hydrogen (secondary N) is 1. The third-order valence-electron chi connectivity index (χ3n) is 4.54. The van der Waals surface area contributed by atoms with Crippen molar-refractivity contribution in [1.82, 2.24) is 15.1 Å². The van der Waals surface area contributed by atoms with Gasteiger partial charge in [0.05, 0.1) is 6.04 Å². The number of carbonyl (C=O) groups excluding carboxylic acids is 1. The number of hydrogen-bond acceptors (Lipinski definition) is 5. The number of amides is 1. The minimum Gasteiger partial charge on any atom is -0.354 e. The molecule has 3 rings (SSSR count). The fourth-order valence-corrected chi connectivity index (χ4v) is 4.46. The van der Waals surface area contributed by atoms with Gasteiger partial charge in [-0.05, 0) is 36.2 Å². The molecule has 2 aromatic heterocycles. The van der Waals surface area contributed by atoms with E-state index in [2.05, 4.69) is 50.1 Å². The average Bonchev–Trinajstić information content (AvgIpc) is 3.29. The summed E-state index contributed by atoms with van der Waals surface area (Å²) >= 11 is 3.56. The van der Waals surface area contributed by atoms with Gasteiger partial charge < -0.3 is 5.32 Å². The van der Waals surface area contributed by atoms with Crippen LogP contribution in [0.3, 0.4) is 0 Å². The van der Waals surface area contributed by atoms with Crippen LogP contribution in [0.4, 0.5) is 0 Å². The number of hydrogen-bond donors (Lipinski definition) is 1. The Kier molecular flexibility index (Phi) is 6.43. The number of rotatable bonds is 7. The molecule has 0 spiro atoms. The zero-order valence-electron chi connectivity index (χ0n) is 14.1. The lowest BCUT2D eigenvalue weighted by molar-refractivity contribution is -0.126. The molecule has 0 aliphatic carbocycles. The summed E-state index contributed by atoms with van der Waals surface area (Å²) in [5, 5.41) is 7.29. The van der Waals surface area contributed by atoms with Crippen LogP contribution < -0.4 is 5.32 Å². The largest absolute Gasteiger partial charge is 0.354 e. The van der Waals surface area contributed by atoms with Crippen molar-refractivity contribution < 1.29 is 4.79 Å². The summed E-state index contributed by atoms with van der Waals surface area (Å²) in [4.78, 5) is 19.9. The monoisotopic (exact) mass is 363 g/mol. The molecule has 130 valence electrons. The fraction of sp³-hybridized carbons (Fsp3) is 0.500. The Labute approximate surface area is 152 Å². The van der Waals surface area contributed by atoms with Crippen molar-refractivity contribution in [1.29, 1.82) is 0 Å². The summed E-state index contributed by atoms with van der Waals surface area (Å²) in [6, 6.07) is 8.43. The molecule has 6 heteroatoms. The molecule has 1 aliphatic rings. The third kappa shape index (κ3) is 4.89. The Morgan fingerprint density at radius 2 is 1.79 bits per heavy atom. The molecule has 3 heterocycles. The van der Waals surface area contributed by atoms with Gasteiger partial charge in [0, 0.05) is 49.0 Å². The molecule has 0 radical (unpaired) electrons. The molecular formula is C18H25N3OS2. The second-order valence-electron chi connectivity index (χ2n) is 6.19. The van der Waals surface area contributed by atoms with Crippen LogP contribution in [0.2, 0.25) is 0 Å². The molecule has 0 unspecified atom stereocenters. The molecule has 0 aromatic carbocycles. The van der Waals surface area contributed by atoms with Crippen LogP contribution in [-0.4, -0.2) is 54.5 Å². The topological polar surface area (TPSA) is 35.6 Å². The van der Waals surface area contributed by atoms with E-state index in [1.165, 1.54) is 9.75 Å². The van der Waals surface area contributed by atoms with Crippen LogP contribution in [0.5, 0.6) is 0 Å². The van der Waals surface area contributed by atoms with Crippen LogP contribution in [0.25, 0.3) is 0 Å². The maximum atomic E-state index is 12.3. The van der Waals surface area contributed by atoms with Gasteiger partial charge in [-0.3, -0.25) is 14.6 Å². The van der Waals surface area contributed by atoms with Crippen molar-refractivity contribution in [2.45, 2.75) is 25.9 Å². The van der Waals surface area contributed by atoms with E-state index in [0.29, 0.717) is 0 Å². The predicted octanol–water partition coefficient (Wildman–Crippen LogP) is 2.67. The molecule has 1 atom stereocenters. The molecule has 0 bridgehead atoms. The van der Waals surface area contributed by atoms with Crippen LogP contribution in [-0.2, 0) is 17.8 Å². The SMILES string of the molecule is C[C@H](C(=O)NCCc1cccs1)N1CCN(Cc2cccs2)CC1. The summed E-state index contributed by atoms with van der Waals surface area (Å²) in [5.41, 5.74) is 0. The third-order valence-corrected chi connectivity index (χ3v) is 6.34. The molecular weight excluding hydrogens is 338 g/mol. The van der Waals surface area contributed by atoms with Crippen LogP contribution in [0.15, 0.2) is 35.0 Å². The van der Waals surface area contributed by atoms with E-state index in [9.17, 15) is 4.79 Å². The molecule has 2 aromatic rings.